The van der Waals surface area contributed by atoms with Crippen LogP contribution in [0.2, 0.25) is 0 Å². The zero-order chi connectivity index (χ0) is 13.3. The molecule has 2 bridgehead atoms. The number of allylic oxidation sites excluding steroid dienone is 1. The van der Waals surface area contributed by atoms with E-state index in [9.17, 15) is 9.90 Å². The van der Waals surface area contributed by atoms with Crippen LogP contribution in [0.5, 0.6) is 0 Å². The topological polar surface area (TPSA) is 46.5 Å². The zero-order valence-corrected chi connectivity index (χ0v) is 11.6. The predicted octanol–water partition coefficient (Wildman–Crippen LogP) is 2.23. The largest absolute Gasteiger partial charge is 0.390 e. The average Bonchev–Trinajstić information content (AvgIpc) is 2.38. The second kappa shape index (κ2) is 3.26. The lowest BCUT2D eigenvalue weighted by Crippen LogP contribution is -2.57. The van der Waals surface area contributed by atoms with Gasteiger partial charge in [-0.05, 0) is 58.6 Å². The smallest absolute Gasteiger partial charge is 0.161 e. The minimum Gasteiger partial charge on any atom is -0.390 e. The van der Waals surface area contributed by atoms with Gasteiger partial charge < -0.3 is 9.84 Å². The number of rotatable bonds is 0. The minimum absolute atomic E-state index is 0.0470. The van der Waals surface area contributed by atoms with E-state index in [0.717, 1.165) is 24.8 Å². The molecule has 100 valence electrons. The Kier molecular flexibility index (Phi) is 2.24. The van der Waals surface area contributed by atoms with Crippen molar-refractivity contribution >= 4 is 5.78 Å². The molecule has 18 heavy (non-hydrogen) atoms. The molecule has 2 aliphatic carbocycles. The van der Waals surface area contributed by atoms with E-state index in [1.54, 1.807) is 6.08 Å². The lowest BCUT2D eigenvalue weighted by atomic mass is 9.69. The van der Waals surface area contributed by atoms with Gasteiger partial charge in [-0.3, -0.25) is 4.79 Å². The van der Waals surface area contributed by atoms with Gasteiger partial charge in [-0.25, -0.2) is 0 Å². The summed E-state index contributed by atoms with van der Waals surface area (Å²) in [6.07, 6.45) is 4.07. The molecular weight excluding hydrogens is 228 g/mol. The molecule has 1 saturated heterocycles. The maximum absolute atomic E-state index is 12.3. The summed E-state index contributed by atoms with van der Waals surface area (Å²) in [5, 5.41) is 10.6. The highest BCUT2D eigenvalue weighted by atomic mass is 16.5. The Bertz CT molecular complexity index is 447. The van der Waals surface area contributed by atoms with Gasteiger partial charge in [0.1, 0.15) is 0 Å². The summed E-state index contributed by atoms with van der Waals surface area (Å²) in [7, 11) is 0. The fraction of sp³-hybridized carbons (Fsp3) is 0.800. The van der Waals surface area contributed by atoms with Gasteiger partial charge in [-0.1, -0.05) is 0 Å². The SMILES string of the molecule is CC1=CC(=O)[C@@H]2C[C@@H]3[C@@](C)(O)CC[C@]13OC2(C)C. The number of aliphatic hydroxyl groups is 1. The predicted molar refractivity (Wildman–Crippen MR) is 68.1 cm³/mol. The Balaban J connectivity index is 2.17. The molecule has 2 fully saturated rings. The van der Waals surface area contributed by atoms with Gasteiger partial charge in [0.05, 0.1) is 22.7 Å². The van der Waals surface area contributed by atoms with E-state index in [4.69, 9.17) is 4.74 Å². The van der Waals surface area contributed by atoms with E-state index >= 15 is 0 Å². The van der Waals surface area contributed by atoms with Gasteiger partial charge in [-0.2, -0.15) is 0 Å². The highest BCUT2D eigenvalue weighted by Gasteiger charge is 2.64. The number of hydrogen-bond donors (Lipinski definition) is 1. The van der Waals surface area contributed by atoms with Gasteiger partial charge in [0.2, 0.25) is 0 Å². The molecule has 1 N–H and O–H groups in total. The molecule has 4 atom stereocenters. The van der Waals surface area contributed by atoms with Crippen LogP contribution in [0.25, 0.3) is 0 Å². The third-order valence-electron chi connectivity index (χ3n) is 5.44. The third kappa shape index (κ3) is 1.35. The van der Waals surface area contributed by atoms with Gasteiger partial charge in [-0.15, -0.1) is 0 Å². The first kappa shape index (κ1) is 12.4. The van der Waals surface area contributed by atoms with Crippen molar-refractivity contribution in [2.45, 2.75) is 63.8 Å². The zero-order valence-electron chi connectivity index (χ0n) is 11.6. The van der Waals surface area contributed by atoms with Crippen LogP contribution in [0, 0.1) is 11.8 Å². The third-order valence-corrected chi connectivity index (χ3v) is 5.44. The van der Waals surface area contributed by atoms with Crippen LogP contribution < -0.4 is 0 Å². The van der Waals surface area contributed by atoms with Gasteiger partial charge >= 0.3 is 0 Å². The quantitative estimate of drug-likeness (QED) is 0.717. The molecule has 1 saturated carbocycles. The molecule has 0 radical (unpaired) electrons. The highest BCUT2D eigenvalue weighted by Crippen LogP contribution is 2.59. The van der Waals surface area contributed by atoms with Gasteiger partial charge in [0.25, 0.3) is 0 Å². The first-order chi connectivity index (χ1) is 8.19. The summed E-state index contributed by atoms with van der Waals surface area (Å²) >= 11 is 0. The van der Waals surface area contributed by atoms with E-state index in [1.807, 2.05) is 27.7 Å². The summed E-state index contributed by atoms with van der Waals surface area (Å²) in [4.78, 5) is 12.3. The first-order valence-corrected chi connectivity index (χ1v) is 6.84. The van der Waals surface area contributed by atoms with E-state index in [1.165, 1.54) is 0 Å². The molecular formula is C15H22O3. The number of ether oxygens (including phenoxy) is 1. The fourth-order valence-corrected chi connectivity index (χ4v) is 4.36. The number of carbonyl (C=O) groups is 1. The van der Waals surface area contributed by atoms with Crippen molar-refractivity contribution in [3.8, 4) is 0 Å². The van der Waals surface area contributed by atoms with Crippen LogP contribution in [-0.2, 0) is 9.53 Å². The van der Waals surface area contributed by atoms with Crippen molar-refractivity contribution in [1.82, 2.24) is 0 Å². The second-order valence-electron chi connectivity index (χ2n) is 7.02. The highest BCUT2D eigenvalue weighted by molar-refractivity contribution is 5.94. The number of carbonyl (C=O) groups excluding carboxylic acids is 1. The van der Waals surface area contributed by atoms with E-state index in [-0.39, 0.29) is 17.6 Å². The molecule has 0 amide bonds. The standard InChI is InChI=1S/C15H22O3/c1-9-7-11(16)10-8-12-14(4,17)5-6-15(9,12)18-13(10,2)3/h7,10,12,17H,5-6,8H2,1-4H3/t10-,12+,14-,15-/m0/s1. The molecule has 3 heteroatoms. The van der Waals surface area contributed by atoms with Crippen LogP contribution in [0.1, 0.15) is 47.0 Å². The normalized spacial score (nSPS) is 49.8. The van der Waals surface area contributed by atoms with Crippen LogP contribution in [0.3, 0.4) is 0 Å². The van der Waals surface area contributed by atoms with E-state index in [0.29, 0.717) is 0 Å². The van der Waals surface area contributed by atoms with Gasteiger partial charge in [0.15, 0.2) is 5.78 Å². The maximum Gasteiger partial charge on any atom is 0.161 e. The molecule has 3 nitrogen and oxygen atoms in total. The Morgan fingerprint density at radius 2 is 2.00 bits per heavy atom. The van der Waals surface area contributed by atoms with Crippen molar-refractivity contribution in [3.05, 3.63) is 11.6 Å². The Morgan fingerprint density at radius 1 is 1.33 bits per heavy atom. The van der Waals surface area contributed by atoms with Crippen LogP contribution in [0.15, 0.2) is 11.6 Å². The monoisotopic (exact) mass is 250 g/mol. The molecule has 2 aliphatic heterocycles. The molecule has 0 aromatic carbocycles. The molecule has 1 spiro atoms. The van der Waals surface area contributed by atoms with Crippen molar-refractivity contribution < 1.29 is 14.6 Å². The summed E-state index contributed by atoms with van der Waals surface area (Å²) in [6, 6.07) is 0. The second-order valence-corrected chi connectivity index (χ2v) is 7.02. The summed E-state index contributed by atoms with van der Waals surface area (Å²) in [5.41, 5.74) is -0.560. The number of ketones is 1. The molecule has 4 aliphatic rings. The van der Waals surface area contributed by atoms with Crippen molar-refractivity contribution in [3.63, 3.8) is 0 Å². The lowest BCUT2D eigenvalue weighted by molar-refractivity contribution is -0.213. The van der Waals surface area contributed by atoms with Crippen molar-refractivity contribution in [2.24, 2.45) is 11.8 Å². The summed E-state index contributed by atoms with van der Waals surface area (Å²) in [6.45, 7) is 7.89. The fourth-order valence-electron chi connectivity index (χ4n) is 4.36. The average molecular weight is 250 g/mol. The number of hydrogen-bond acceptors (Lipinski definition) is 3. The molecule has 4 rings (SSSR count). The minimum atomic E-state index is -0.714. The Morgan fingerprint density at radius 3 is 2.67 bits per heavy atom. The van der Waals surface area contributed by atoms with E-state index < -0.39 is 16.8 Å². The van der Waals surface area contributed by atoms with Crippen molar-refractivity contribution in [2.75, 3.05) is 0 Å². The summed E-state index contributed by atoms with van der Waals surface area (Å²) < 4.78 is 6.38. The number of fused-ring (bicyclic) bond motifs is 2. The van der Waals surface area contributed by atoms with Gasteiger partial charge in [0, 0.05) is 5.92 Å². The Labute approximate surface area is 108 Å². The van der Waals surface area contributed by atoms with E-state index in [2.05, 4.69) is 0 Å². The molecule has 0 aromatic rings. The molecule has 2 heterocycles. The maximum atomic E-state index is 12.3. The first-order valence-electron chi connectivity index (χ1n) is 6.84. The van der Waals surface area contributed by atoms with Crippen LogP contribution in [-0.4, -0.2) is 27.7 Å². The van der Waals surface area contributed by atoms with Crippen LogP contribution >= 0.6 is 0 Å². The Hall–Kier alpha value is -0.670. The molecule has 0 aromatic heterocycles. The van der Waals surface area contributed by atoms with Crippen molar-refractivity contribution in [1.29, 1.82) is 0 Å². The lowest BCUT2D eigenvalue weighted by Gasteiger charge is -2.51. The van der Waals surface area contributed by atoms with Crippen LogP contribution in [0.4, 0.5) is 0 Å². The summed E-state index contributed by atoms with van der Waals surface area (Å²) in [5.74, 6) is 0.0861. The molecule has 0 unspecified atom stereocenters.